The highest BCUT2D eigenvalue weighted by Gasteiger charge is 2.30. The number of halogens is 1. The molecule has 2 aromatic carbocycles. The normalized spacial score (nSPS) is 19.6. The van der Waals surface area contributed by atoms with Crippen molar-refractivity contribution in [3.05, 3.63) is 59.1 Å². The summed E-state index contributed by atoms with van der Waals surface area (Å²) in [6.07, 6.45) is 1.02. The molecule has 1 saturated heterocycles. The molecule has 2 heterocycles. The van der Waals surface area contributed by atoms with Crippen LogP contribution in [0, 0.1) is 0 Å². The van der Waals surface area contributed by atoms with E-state index in [1.807, 2.05) is 29.2 Å². The predicted octanol–water partition coefficient (Wildman–Crippen LogP) is 3.44. The zero-order valence-corrected chi connectivity index (χ0v) is 15.8. The highest BCUT2D eigenvalue weighted by atomic mass is 35.5. The number of para-hydroxylation sites is 2. The van der Waals surface area contributed by atoms with Crippen LogP contribution in [-0.2, 0) is 11.2 Å². The van der Waals surface area contributed by atoms with Gasteiger partial charge in [-0.25, -0.2) is 0 Å². The number of amides is 1. The van der Waals surface area contributed by atoms with Crippen molar-refractivity contribution in [1.29, 1.82) is 0 Å². The van der Waals surface area contributed by atoms with E-state index in [-0.39, 0.29) is 5.91 Å². The number of anilines is 2. The van der Waals surface area contributed by atoms with Gasteiger partial charge in [-0.05, 0) is 37.1 Å². The molecule has 136 valence electrons. The van der Waals surface area contributed by atoms with Gasteiger partial charge in [-0.15, -0.1) is 0 Å². The Balaban J connectivity index is 1.38. The summed E-state index contributed by atoms with van der Waals surface area (Å²) >= 11 is 6.30. The van der Waals surface area contributed by atoms with Crippen LogP contribution in [0.4, 0.5) is 11.4 Å². The molecule has 1 atom stereocenters. The monoisotopic (exact) mass is 369 g/mol. The lowest BCUT2D eigenvalue weighted by Crippen LogP contribution is -2.52. The molecular weight excluding hydrogens is 346 g/mol. The number of fused-ring (bicyclic) bond motifs is 1. The van der Waals surface area contributed by atoms with Gasteiger partial charge in [-0.3, -0.25) is 4.79 Å². The fourth-order valence-electron chi connectivity index (χ4n) is 4.02. The van der Waals surface area contributed by atoms with Gasteiger partial charge in [0.15, 0.2) is 0 Å². The molecule has 0 unspecified atom stereocenters. The third kappa shape index (κ3) is 3.26. The Morgan fingerprint density at radius 2 is 1.65 bits per heavy atom. The van der Waals surface area contributed by atoms with Crippen LogP contribution in [0.2, 0.25) is 5.02 Å². The molecule has 2 aromatic rings. The molecule has 5 heteroatoms. The molecule has 0 spiro atoms. The molecular formula is C21H24ClN3O. The first kappa shape index (κ1) is 17.2. The molecule has 26 heavy (non-hydrogen) atoms. The predicted molar refractivity (Wildman–Crippen MR) is 107 cm³/mol. The minimum absolute atomic E-state index is 0.215. The van der Waals surface area contributed by atoms with Gasteiger partial charge in [-0.2, -0.15) is 0 Å². The van der Waals surface area contributed by atoms with Crippen molar-refractivity contribution in [2.75, 3.05) is 42.5 Å². The highest BCUT2D eigenvalue weighted by Crippen LogP contribution is 2.31. The van der Waals surface area contributed by atoms with Crippen LogP contribution >= 0.6 is 11.6 Å². The summed E-state index contributed by atoms with van der Waals surface area (Å²) in [5, 5.41) is 0.773. The van der Waals surface area contributed by atoms with E-state index in [1.165, 1.54) is 11.3 Å². The third-order valence-electron chi connectivity index (χ3n) is 5.48. The van der Waals surface area contributed by atoms with Gasteiger partial charge in [0.2, 0.25) is 5.91 Å². The van der Waals surface area contributed by atoms with E-state index >= 15 is 0 Å². The molecule has 4 nitrogen and oxygen atoms in total. The Bertz CT molecular complexity index is 801. The minimum atomic E-state index is 0.215. The molecule has 1 fully saturated rings. The Labute approximate surface area is 160 Å². The first-order valence-corrected chi connectivity index (χ1v) is 9.63. The second-order valence-corrected chi connectivity index (χ2v) is 7.54. The van der Waals surface area contributed by atoms with E-state index in [0.717, 1.165) is 43.3 Å². The van der Waals surface area contributed by atoms with E-state index < -0.39 is 0 Å². The van der Waals surface area contributed by atoms with Gasteiger partial charge in [0, 0.05) is 37.9 Å². The Morgan fingerprint density at radius 3 is 2.38 bits per heavy atom. The van der Waals surface area contributed by atoms with Crippen LogP contribution < -0.4 is 9.80 Å². The van der Waals surface area contributed by atoms with Crippen molar-refractivity contribution in [3.63, 3.8) is 0 Å². The van der Waals surface area contributed by atoms with E-state index in [2.05, 4.69) is 41.0 Å². The van der Waals surface area contributed by atoms with Gasteiger partial charge < -0.3 is 14.7 Å². The first-order chi connectivity index (χ1) is 12.6. The van der Waals surface area contributed by atoms with Crippen LogP contribution in [0.15, 0.2) is 48.5 Å². The van der Waals surface area contributed by atoms with Crippen molar-refractivity contribution in [1.82, 2.24) is 4.90 Å². The zero-order chi connectivity index (χ0) is 18.1. The topological polar surface area (TPSA) is 26.8 Å². The van der Waals surface area contributed by atoms with Crippen LogP contribution in [0.3, 0.4) is 0 Å². The quantitative estimate of drug-likeness (QED) is 0.829. The maximum absolute atomic E-state index is 12.9. The van der Waals surface area contributed by atoms with Crippen molar-refractivity contribution in [3.8, 4) is 0 Å². The Morgan fingerprint density at radius 1 is 1.00 bits per heavy atom. The van der Waals surface area contributed by atoms with Crippen molar-refractivity contribution in [2.24, 2.45) is 0 Å². The van der Waals surface area contributed by atoms with E-state index in [4.69, 9.17) is 11.6 Å². The van der Waals surface area contributed by atoms with Crippen molar-refractivity contribution >= 4 is 28.9 Å². The first-order valence-electron chi connectivity index (χ1n) is 9.25. The molecule has 0 bridgehead atoms. The molecule has 0 radical (unpaired) electrons. The summed E-state index contributed by atoms with van der Waals surface area (Å²) in [5.41, 5.74) is 3.61. The van der Waals surface area contributed by atoms with E-state index in [0.29, 0.717) is 12.6 Å². The van der Waals surface area contributed by atoms with Gasteiger partial charge in [0.25, 0.3) is 0 Å². The molecule has 0 N–H and O–H groups in total. The Hall–Kier alpha value is -2.20. The lowest BCUT2D eigenvalue weighted by atomic mass is 10.1. The summed E-state index contributed by atoms with van der Waals surface area (Å²) in [7, 11) is 0. The van der Waals surface area contributed by atoms with Crippen molar-refractivity contribution < 1.29 is 4.79 Å². The number of nitrogens with zero attached hydrogens (tertiary/aromatic N) is 3. The summed E-state index contributed by atoms with van der Waals surface area (Å²) in [6.45, 7) is 5.79. The maximum Gasteiger partial charge on any atom is 0.242 e. The molecule has 1 amide bonds. The number of rotatable bonds is 3. The molecule has 0 aromatic heterocycles. The van der Waals surface area contributed by atoms with Crippen molar-refractivity contribution in [2.45, 2.75) is 19.4 Å². The molecule has 0 saturated carbocycles. The number of carbonyl (C=O) groups excluding carboxylic acids is 1. The second-order valence-electron chi connectivity index (χ2n) is 7.13. The summed E-state index contributed by atoms with van der Waals surface area (Å²) in [4.78, 5) is 19.4. The van der Waals surface area contributed by atoms with Gasteiger partial charge in [0.1, 0.15) is 0 Å². The second kappa shape index (κ2) is 7.20. The standard InChI is InChI=1S/C21H24ClN3O/c1-16-14-17-6-2-4-8-19(17)25(16)15-21(26)24-12-10-23(11-13-24)20-9-5-3-7-18(20)22/h2-9,16H,10-15H2,1H3/t16-/m0/s1. The lowest BCUT2D eigenvalue weighted by molar-refractivity contribution is -0.130. The summed E-state index contributed by atoms with van der Waals surface area (Å²) in [6, 6.07) is 16.7. The number of piperazine rings is 1. The largest absolute Gasteiger partial charge is 0.367 e. The minimum Gasteiger partial charge on any atom is -0.367 e. The van der Waals surface area contributed by atoms with Gasteiger partial charge in [-0.1, -0.05) is 41.9 Å². The summed E-state index contributed by atoms with van der Waals surface area (Å²) in [5.74, 6) is 0.215. The van der Waals surface area contributed by atoms with Crippen LogP contribution in [0.1, 0.15) is 12.5 Å². The number of carbonyl (C=O) groups is 1. The fourth-order valence-corrected chi connectivity index (χ4v) is 4.28. The smallest absolute Gasteiger partial charge is 0.242 e. The van der Waals surface area contributed by atoms with E-state index in [1.54, 1.807) is 0 Å². The van der Waals surface area contributed by atoms with Gasteiger partial charge in [0.05, 0.1) is 17.3 Å². The molecule has 2 aliphatic heterocycles. The lowest BCUT2D eigenvalue weighted by Gasteiger charge is -2.37. The number of hydrogen-bond donors (Lipinski definition) is 0. The average Bonchev–Trinajstić information content (AvgIpc) is 2.98. The van der Waals surface area contributed by atoms with Crippen LogP contribution in [0.5, 0.6) is 0 Å². The average molecular weight is 370 g/mol. The molecule has 2 aliphatic rings. The number of benzene rings is 2. The number of hydrogen-bond acceptors (Lipinski definition) is 3. The molecule has 4 rings (SSSR count). The highest BCUT2D eigenvalue weighted by molar-refractivity contribution is 6.33. The SMILES string of the molecule is C[C@H]1Cc2ccccc2N1CC(=O)N1CCN(c2ccccc2Cl)CC1. The fraction of sp³-hybridized carbons (Fsp3) is 0.381. The van der Waals surface area contributed by atoms with Crippen LogP contribution in [0.25, 0.3) is 0 Å². The zero-order valence-electron chi connectivity index (χ0n) is 15.1. The maximum atomic E-state index is 12.9. The Kier molecular flexibility index (Phi) is 4.77. The summed E-state index contributed by atoms with van der Waals surface area (Å²) < 4.78 is 0. The van der Waals surface area contributed by atoms with E-state index in [9.17, 15) is 4.79 Å². The molecule has 0 aliphatic carbocycles. The van der Waals surface area contributed by atoms with Gasteiger partial charge >= 0.3 is 0 Å². The third-order valence-corrected chi connectivity index (χ3v) is 5.80. The van der Waals surface area contributed by atoms with Crippen LogP contribution in [-0.4, -0.2) is 49.6 Å².